The molecule has 0 radical (unpaired) electrons. The number of aryl methyl sites for hydroxylation is 1. The van der Waals surface area contributed by atoms with Gasteiger partial charge in [0.25, 0.3) is 5.91 Å². The van der Waals surface area contributed by atoms with E-state index in [2.05, 4.69) is 10.3 Å². The second-order valence-electron chi connectivity index (χ2n) is 6.00. The zero-order valence-electron chi connectivity index (χ0n) is 12.1. The first kappa shape index (κ1) is 13.6. The summed E-state index contributed by atoms with van der Waals surface area (Å²) in [4.78, 5) is 18.7. The van der Waals surface area contributed by atoms with E-state index in [1.165, 1.54) is 12.8 Å². The van der Waals surface area contributed by atoms with Crippen LogP contribution >= 0.6 is 0 Å². The SMILES string of the molecule is Cc1cccc(C(=O)N2CCC(C3CCCN3)CC2)n1. The number of piperidine rings is 1. The Morgan fingerprint density at radius 2 is 2.10 bits per heavy atom. The van der Waals surface area contributed by atoms with Gasteiger partial charge in [-0.3, -0.25) is 4.79 Å². The van der Waals surface area contributed by atoms with Crippen LogP contribution in [0.1, 0.15) is 41.9 Å². The Balaban J connectivity index is 1.58. The predicted molar refractivity (Wildman–Crippen MR) is 78.6 cm³/mol. The molecular formula is C16H23N3O. The highest BCUT2D eigenvalue weighted by molar-refractivity contribution is 5.92. The van der Waals surface area contributed by atoms with Crippen LogP contribution in [-0.4, -0.2) is 41.5 Å². The summed E-state index contributed by atoms with van der Waals surface area (Å²) in [7, 11) is 0. The summed E-state index contributed by atoms with van der Waals surface area (Å²) in [5.74, 6) is 0.832. The number of nitrogens with zero attached hydrogens (tertiary/aromatic N) is 2. The van der Waals surface area contributed by atoms with Gasteiger partial charge in [-0.1, -0.05) is 6.07 Å². The van der Waals surface area contributed by atoms with Crippen molar-refractivity contribution in [2.75, 3.05) is 19.6 Å². The second-order valence-corrected chi connectivity index (χ2v) is 6.00. The third kappa shape index (κ3) is 2.85. The molecule has 108 valence electrons. The normalized spacial score (nSPS) is 24.1. The lowest BCUT2D eigenvalue weighted by atomic mass is 9.88. The molecule has 3 heterocycles. The molecule has 2 aliphatic heterocycles. The number of hydrogen-bond acceptors (Lipinski definition) is 3. The van der Waals surface area contributed by atoms with Crippen molar-refractivity contribution in [2.24, 2.45) is 5.92 Å². The van der Waals surface area contributed by atoms with Crippen molar-refractivity contribution in [3.63, 3.8) is 0 Å². The summed E-state index contributed by atoms with van der Waals surface area (Å²) in [5, 5.41) is 3.59. The Morgan fingerprint density at radius 1 is 1.30 bits per heavy atom. The standard InChI is InChI=1S/C16H23N3O/c1-12-4-2-5-15(18-12)16(20)19-10-7-13(8-11-19)14-6-3-9-17-14/h2,4-5,13-14,17H,3,6-11H2,1H3. The Kier molecular flexibility index (Phi) is 4.01. The third-order valence-electron chi connectivity index (χ3n) is 4.60. The molecule has 1 unspecified atom stereocenters. The molecule has 2 saturated heterocycles. The van der Waals surface area contributed by atoms with Gasteiger partial charge in [0.2, 0.25) is 0 Å². The number of aromatic nitrogens is 1. The molecule has 1 amide bonds. The van der Waals surface area contributed by atoms with Crippen LogP contribution < -0.4 is 5.32 Å². The molecule has 20 heavy (non-hydrogen) atoms. The topological polar surface area (TPSA) is 45.2 Å². The molecule has 4 nitrogen and oxygen atoms in total. The minimum absolute atomic E-state index is 0.0894. The molecule has 4 heteroatoms. The number of rotatable bonds is 2. The monoisotopic (exact) mass is 273 g/mol. The molecule has 1 aromatic heterocycles. The fourth-order valence-corrected chi connectivity index (χ4v) is 3.44. The second kappa shape index (κ2) is 5.92. The minimum atomic E-state index is 0.0894. The molecule has 1 aromatic rings. The Labute approximate surface area is 120 Å². The lowest BCUT2D eigenvalue weighted by Crippen LogP contribution is -2.43. The summed E-state index contributed by atoms with van der Waals surface area (Å²) < 4.78 is 0. The van der Waals surface area contributed by atoms with Gasteiger partial charge in [0.15, 0.2) is 0 Å². The van der Waals surface area contributed by atoms with Crippen LogP contribution in [0.25, 0.3) is 0 Å². The van der Waals surface area contributed by atoms with E-state index in [-0.39, 0.29) is 5.91 Å². The number of pyridine rings is 1. The first-order chi connectivity index (χ1) is 9.74. The van der Waals surface area contributed by atoms with Gasteiger partial charge >= 0.3 is 0 Å². The first-order valence-electron chi connectivity index (χ1n) is 7.70. The van der Waals surface area contributed by atoms with E-state index in [0.717, 1.165) is 44.1 Å². The van der Waals surface area contributed by atoms with E-state index in [4.69, 9.17) is 0 Å². The number of carbonyl (C=O) groups excluding carboxylic acids is 1. The van der Waals surface area contributed by atoms with Gasteiger partial charge in [-0.25, -0.2) is 4.98 Å². The van der Waals surface area contributed by atoms with Gasteiger partial charge in [-0.15, -0.1) is 0 Å². The fourth-order valence-electron chi connectivity index (χ4n) is 3.44. The van der Waals surface area contributed by atoms with Crippen LogP contribution in [0.2, 0.25) is 0 Å². The molecule has 0 spiro atoms. The number of hydrogen-bond donors (Lipinski definition) is 1. The summed E-state index contributed by atoms with van der Waals surface area (Å²) in [6.45, 7) is 4.83. The molecular weight excluding hydrogens is 250 g/mol. The van der Waals surface area contributed by atoms with E-state index in [0.29, 0.717) is 11.7 Å². The molecule has 3 rings (SSSR count). The predicted octanol–water partition coefficient (Wildman–Crippen LogP) is 1.99. The third-order valence-corrected chi connectivity index (χ3v) is 4.60. The summed E-state index contributed by atoms with van der Waals surface area (Å²) in [6, 6.07) is 6.34. The van der Waals surface area contributed by atoms with Crippen LogP contribution in [0.15, 0.2) is 18.2 Å². The first-order valence-corrected chi connectivity index (χ1v) is 7.70. The van der Waals surface area contributed by atoms with E-state index >= 15 is 0 Å². The van der Waals surface area contributed by atoms with Crippen molar-refractivity contribution in [3.05, 3.63) is 29.6 Å². The Hall–Kier alpha value is -1.42. The number of carbonyl (C=O) groups is 1. The zero-order chi connectivity index (χ0) is 13.9. The van der Waals surface area contributed by atoms with Crippen LogP contribution in [0.4, 0.5) is 0 Å². The average Bonchev–Trinajstić information content (AvgIpc) is 3.01. The number of amides is 1. The molecule has 2 fully saturated rings. The van der Waals surface area contributed by atoms with Gasteiger partial charge < -0.3 is 10.2 Å². The maximum Gasteiger partial charge on any atom is 0.272 e. The zero-order valence-corrected chi connectivity index (χ0v) is 12.1. The van der Waals surface area contributed by atoms with Crippen molar-refractivity contribution in [3.8, 4) is 0 Å². The molecule has 1 N–H and O–H groups in total. The van der Waals surface area contributed by atoms with Gasteiger partial charge in [0.1, 0.15) is 5.69 Å². The van der Waals surface area contributed by atoms with Gasteiger partial charge in [0, 0.05) is 24.8 Å². The Morgan fingerprint density at radius 3 is 2.75 bits per heavy atom. The average molecular weight is 273 g/mol. The lowest BCUT2D eigenvalue weighted by molar-refractivity contribution is 0.0668. The van der Waals surface area contributed by atoms with E-state index in [1.807, 2.05) is 30.0 Å². The molecule has 0 aliphatic carbocycles. The Bertz CT molecular complexity index is 474. The van der Waals surface area contributed by atoms with Crippen molar-refractivity contribution in [1.82, 2.24) is 15.2 Å². The fraction of sp³-hybridized carbons (Fsp3) is 0.625. The highest BCUT2D eigenvalue weighted by atomic mass is 16.2. The van der Waals surface area contributed by atoms with Gasteiger partial charge in [-0.2, -0.15) is 0 Å². The van der Waals surface area contributed by atoms with Crippen molar-refractivity contribution >= 4 is 5.91 Å². The van der Waals surface area contributed by atoms with E-state index < -0.39 is 0 Å². The summed E-state index contributed by atoms with van der Waals surface area (Å²) in [5.41, 5.74) is 1.49. The van der Waals surface area contributed by atoms with E-state index in [1.54, 1.807) is 0 Å². The lowest BCUT2D eigenvalue weighted by Gasteiger charge is -2.34. The van der Waals surface area contributed by atoms with Crippen LogP contribution in [0.5, 0.6) is 0 Å². The smallest absolute Gasteiger partial charge is 0.272 e. The summed E-state index contributed by atoms with van der Waals surface area (Å²) >= 11 is 0. The van der Waals surface area contributed by atoms with Gasteiger partial charge in [-0.05, 0) is 57.2 Å². The highest BCUT2D eigenvalue weighted by Crippen LogP contribution is 2.26. The van der Waals surface area contributed by atoms with Crippen LogP contribution in [0.3, 0.4) is 0 Å². The quantitative estimate of drug-likeness (QED) is 0.896. The number of nitrogens with one attached hydrogen (secondary N) is 1. The van der Waals surface area contributed by atoms with Crippen molar-refractivity contribution in [1.29, 1.82) is 0 Å². The highest BCUT2D eigenvalue weighted by Gasteiger charge is 2.30. The van der Waals surface area contributed by atoms with Crippen molar-refractivity contribution < 1.29 is 4.79 Å². The van der Waals surface area contributed by atoms with Crippen LogP contribution in [0, 0.1) is 12.8 Å². The maximum atomic E-state index is 12.4. The minimum Gasteiger partial charge on any atom is -0.337 e. The molecule has 1 atom stereocenters. The largest absolute Gasteiger partial charge is 0.337 e. The van der Waals surface area contributed by atoms with Gasteiger partial charge in [0.05, 0.1) is 0 Å². The van der Waals surface area contributed by atoms with E-state index in [9.17, 15) is 4.79 Å². The number of likely N-dealkylation sites (tertiary alicyclic amines) is 1. The maximum absolute atomic E-state index is 12.4. The van der Waals surface area contributed by atoms with Crippen molar-refractivity contribution in [2.45, 2.75) is 38.6 Å². The molecule has 0 bridgehead atoms. The summed E-state index contributed by atoms with van der Waals surface area (Å²) in [6.07, 6.45) is 4.85. The molecule has 2 aliphatic rings. The molecule has 0 aromatic carbocycles. The molecule has 0 saturated carbocycles. The van der Waals surface area contributed by atoms with Crippen LogP contribution in [-0.2, 0) is 0 Å².